The molecule has 1 aromatic carbocycles. The number of nitrogens with zero attached hydrogens (tertiary/aromatic N) is 1. The van der Waals surface area contributed by atoms with E-state index in [-0.39, 0.29) is 6.61 Å². The summed E-state index contributed by atoms with van der Waals surface area (Å²) < 4.78 is 27.2. The van der Waals surface area contributed by atoms with E-state index in [1.54, 1.807) is 29.4 Å². The van der Waals surface area contributed by atoms with Gasteiger partial charge in [0.05, 0.1) is 11.5 Å². The number of aliphatic hydroxyl groups is 1. The summed E-state index contributed by atoms with van der Waals surface area (Å²) in [5, 5.41) is 9.31. The van der Waals surface area contributed by atoms with E-state index in [1.807, 2.05) is 0 Å². The number of sulfonamides is 1. The summed E-state index contributed by atoms with van der Waals surface area (Å²) >= 11 is 0. The van der Waals surface area contributed by atoms with Crippen LogP contribution in [0.2, 0.25) is 0 Å². The maximum atomic E-state index is 12.8. The lowest BCUT2D eigenvalue weighted by Gasteiger charge is -2.33. The number of rotatable bonds is 4. The minimum atomic E-state index is -3.45. The largest absolute Gasteiger partial charge is 0.392 e. The van der Waals surface area contributed by atoms with Gasteiger partial charge in [0.25, 0.3) is 0 Å². The fraction of sp³-hybridized carbons (Fsp3) is 0.625. The molecule has 0 aliphatic carbocycles. The third-order valence-electron chi connectivity index (χ3n) is 4.63. The summed E-state index contributed by atoms with van der Waals surface area (Å²) in [7, 11) is -3.45. The Morgan fingerprint density at radius 3 is 2.43 bits per heavy atom. The molecule has 1 aliphatic heterocycles. The third-order valence-corrected chi connectivity index (χ3v) is 6.67. The fourth-order valence-electron chi connectivity index (χ4n) is 3.03. The van der Waals surface area contributed by atoms with Gasteiger partial charge in [0.1, 0.15) is 0 Å². The number of hydrogen-bond donors (Lipinski definition) is 1. The van der Waals surface area contributed by atoms with Gasteiger partial charge in [-0.25, -0.2) is 8.42 Å². The highest BCUT2D eigenvalue weighted by molar-refractivity contribution is 7.89. The van der Waals surface area contributed by atoms with Crippen molar-refractivity contribution in [2.75, 3.05) is 13.1 Å². The molecule has 0 amide bonds. The molecule has 0 radical (unpaired) electrons. The second-order valence-electron chi connectivity index (χ2n) is 6.18. The minimum absolute atomic E-state index is 0.134. The molecular weight excluding hydrogens is 286 g/mol. The summed E-state index contributed by atoms with van der Waals surface area (Å²) in [6, 6.07) is 5.10. The minimum Gasteiger partial charge on any atom is -0.392 e. The second-order valence-corrected chi connectivity index (χ2v) is 8.09. The van der Waals surface area contributed by atoms with Gasteiger partial charge in [0.2, 0.25) is 10.0 Å². The Labute approximate surface area is 127 Å². The summed E-state index contributed by atoms with van der Waals surface area (Å²) in [5.41, 5.74) is 1.33. The zero-order valence-corrected chi connectivity index (χ0v) is 13.9. The van der Waals surface area contributed by atoms with Gasteiger partial charge in [0, 0.05) is 13.1 Å². The predicted molar refractivity (Wildman–Crippen MR) is 83.4 cm³/mol. The zero-order chi connectivity index (χ0) is 15.6. The Morgan fingerprint density at radius 2 is 1.90 bits per heavy atom. The van der Waals surface area contributed by atoms with E-state index in [0.717, 1.165) is 12.8 Å². The maximum Gasteiger partial charge on any atom is 0.243 e. The van der Waals surface area contributed by atoms with Crippen LogP contribution in [0.25, 0.3) is 0 Å². The van der Waals surface area contributed by atoms with Gasteiger partial charge in [-0.15, -0.1) is 0 Å². The van der Waals surface area contributed by atoms with Crippen LogP contribution in [0.1, 0.15) is 37.8 Å². The predicted octanol–water partition coefficient (Wildman–Crippen LogP) is 2.54. The van der Waals surface area contributed by atoms with Crippen molar-refractivity contribution in [3.05, 3.63) is 29.3 Å². The van der Waals surface area contributed by atoms with Crippen molar-refractivity contribution in [3.8, 4) is 0 Å². The maximum absolute atomic E-state index is 12.8. The lowest BCUT2D eigenvalue weighted by atomic mass is 9.87. The van der Waals surface area contributed by atoms with E-state index >= 15 is 0 Å². The molecule has 1 N–H and O–H groups in total. The van der Waals surface area contributed by atoms with Crippen LogP contribution in [-0.4, -0.2) is 30.9 Å². The van der Waals surface area contributed by atoms with E-state index in [9.17, 15) is 13.5 Å². The smallest absolute Gasteiger partial charge is 0.243 e. The third kappa shape index (κ3) is 3.30. The average molecular weight is 311 g/mol. The van der Waals surface area contributed by atoms with Gasteiger partial charge in [-0.2, -0.15) is 4.31 Å². The normalized spacial score (nSPS) is 18.3. The first kappa shape index (κ1) is 16.5. The highest BCUT2D eigenvalue weighted by Gasteiger charge is 2.31. The van der Waals surface area contributed by atoms with Crippen molar-refractivity contribution in [1.82, 2.24) is 4.31 Å². The Balaban J connectivity index is 2.24. The lowest BCUT2D eigenvalue weighted by Crippen LogP contribution is -2.39. The molecule has 0 atom stereocenters. The zero-order valence-electron chi connectivity index (χ0n) is 13.0. The SMILES string of the molecule is Cc1c(CO)cccc1S(=O)(=O)N1CCC(C(C)C)CC1. The summed E-state index contributed by atoms with van der Waals surface area (Å²) in [6.45, 7) is 7.21. The Kier molecular flexibility index (Phi) is 5.07. The lowest BCUT2D eigenvalue weighted by molar-refractivity contribution is 0.226. The van der Waals surface area contributed by atoms with Gasteiger partial charge in [-0.3, -0.25) is 0 Å². The molecule has 0 aromatic heterocycles. The molecule has 0 bridgehead atoms. The van der Waals surface area contributed by atoms with Crippen LogP contribution in [0.5, 0.6) is 0 Å². The molecule has 4 nitrogen and oxygen atoms in total. The van der Waals surface area contributed by atoms with E-state index in [0.29, 0.717) is 40.9 Å². The van der Waals surface area contributed by atoms with Gasteiger partial charge >= 0.3 is 0 Å². The van der Waals surface area contributed by atoms with Crippen LogP contribution in [0.15, 0.2) is 23.1 Å². The molecule has 0 unspecified atom stereocenters. The first-order valence-electron chi connectivity index (χ1n) is 7.57. The molecule has 5 heteroatoms. The van der Waals surface area contributed by atoms with E-state index in [4.69, 9.17) is 0 Å². The molecule has 1 aliphatic rings. The summed E-state index contributed by atoms with van der Waals surface area (Å²) in [5.74, 6) is 1.22. The molecule has 0 spiro atoms. The van der Waals surface area contributed by atoms with Crippen molar-refractivity contribution in [3.63, 3.8) is 0 Å². The average Bonchev–Trinajstić information content (AvgIpc) is 2.47. The molecule has 1 fully saturated rings. The second kappa shape index (κ2) is 6.46. The van der Waals surface area contributed by atoms with Crippen molar-refractivity contribution in [1.29, 1.82) is 0 Å². The topological polar surface area (TPSA) is 57.6 Å². The van der Waals surface area contributed by atoms with Crippen molar-refractivity contribution in [2.24, 2.45) is 11.8 Å². The van der Waals surface area contributed by atoms with Gasteiger partial charge < -0.3 is 5.11 Å². The highest BCUT2D eigenvalue weighted by atomic mass is 32.2. The fourth-order valence-corrected chi connectivity index (χ4v) is 4.77. The first-order valence-corrected chi connectivity index (χ1v) is 9.01. The number of hydrogen-bond acceptors (Lipinski definition) is 3. The van der Waals surface area contributed by atoms with Gasteiger partial charge in [0.15, 0.2) is 0 Å². The molecule has 1 aromatic rings. The Hall–Kier alpha value is -0.910. The van der Waals surface area contributed by atoms with Crippen molar-refractivity contribution in [2.45, 2.75) is 45.1 Å². The Bertz CT molecular complexity index is 588. The molecule has 1 saturated heterocycles. The first-order chi connectivity index (χ1) is 9.87. The van der Waals surface area contributed by atoms with Crippen LogP contribution >= 0.6 is 0 Å². The van der Waals surface area contributed by atoms with E-state index in [1.165, 1.54) is 0 Å². The summed E-state index contributed by atoms with van der Waals surface area (Å²) in [4.78, 5) is 0.331. The van der Waals surface area contributed by atoms with Crippen molar-refractivity contribution >= 4 is 10.0 Å². The van der Waals surface area contributed by atoms with Crippen LogP contribution in [0.4, 0.5) is 0 Å². The van der Waals surface area contributed by atoms with Crippen molar-refractivity contribution < 1.29 is 13.5 Å². The van der Waals surface area contributed by atoms with Crippen LogP contribution in [0.3, 0.4) is 0 Å². The molecule has 0 saturated carbocycles. The quantitative estimate of drug-likeness (QED) is 0.929. The van der Waals surface area contributed by atoms with Crippen LogP contribution in [-0.2, 0) is 16.6 Å². The molecule has 2 rings (SSSR count). The molecule has 1 heterocycles. The van der Waals surface area contributed by atoms with Gasteiger partial charge in [-0.05, 0) is 48.8 Å². The number of benzene rings is 1. The molecular formula is C16H25NO3S. The van der Waals surface area contributed by atoms with E-state index in [2.05, 4.69) is 13.8 Å². The monoisotopic (exact) mass is 311 g/mol. The number of aliphatic hydroxyl groups excluding tert-OH is 1. The van der Waals surface area contributed by atoms with E-state index < -0.39 is 10.0 Å². The number of piperidine rings is 1. The Morgan fingerprint density at radius 1 is 1.29 bits per heavy atom. The molecule has 118 valence electrons. The highest BCUT2D eigenvalue weighted by Crippen LogP contribution is 2.29. The standard InChI is InChI=1S/C16H25NO3S/c1-12(2)14-7-9-17(10-8-14)21(19,20)16-6-4-5-15(11-18)13(16)3/h4-6,12,14,18H,7-11H2,1-3H3. The van der Waals surface area contributed by atoms with Gasteiger partial charge in [-0.1, -0.05) is 26.0 Å². The summed E-state index contributed by atoms with van der Waals surface area (Å²) in [6.07, 6.45) is 1.85. The van der Waals surface area contributed by atoms with Crippen LogP contribution < -0.4 is 0 Å². The molecule has 21 heavy (non-hydrogen) atoms. The van der Waals surface area contributed by atoms with Crippen LogP contribution in [0, 0.1) is 18.8 Å².